The second kappa shape index (κ2) is 9.79. The van der Waals surface area contributed by atoms with Crippen LogP contribution in [0.2, 0.25) is 0 Å². The molecule has 9 heteroatoms. The van der Waals surface area contributed by atoms with Crippen molar-refractivity contribution in [1.29, 1.82) is 0 Å². The highest BCUT2D eigenvalue weighted by molar-refractivity contribution is 6.05. The van der Waals surface area contributed by atoms with E-state index in [2.05, 4.69) is 10.6 Å². The highest BCUT2D eigenvalue weighted by atomic mass is 16.5. The summed E-state index contributed by atoms with van der Waals surface area (Å²) < 4.78 is 11.7. The Labute approximate surface area is 216 Å². The first-order valence-corrected chi connectivity index (χ1v) is 12.7. The fourth-order valence-electron chi connectivity index (χ4n) is 6.30. The molecular formula is C28H33N3O6. The van der Waals surface area contributed by atoms with Gasteiger partial charge < -0.3 is 30.1 Å². The van der Waals surface area contributed by atoms with Gasteiger partial charge in [0, 0.05) is 11.4 Å². The molecule has 3 aliphatic heterocycles. The van der Waals surface area contributed by atoms with Crippen LogP contribution in [0.1, 0.15) is 26.7 Å². The van der Waals surface area contributed by atoms with Gasteiger partial charge in [0.25, 0.3) is 0 Å². The van der Waals surface area contributed by atoms with Gasteiger partial charge in [0.1, 0.15) is 17.4 Å². The Morgan fingerprint density at radius 2 is 1.73 bits per heavy atom. The van der Waals surface area contributed by atoms with Crippen LogP contribution in [0, 0.1) is 17.8 Å². The van der Waals surface area contributed by atoms with Crippen LogP contribution in [-0.4, -0.2) is 65.2 Å². The molecule has 3 aliphatic rings. The minimum absolute atomic E-state index is 0.116. The lowest BCUT2D eigenvalue weighted by atomic mass is 9.70. The van der Waals surface area contributed by atoms with Gasteiger partial charge >= 0.3 is 0 Å². The molecule has 196 valence electrons. The number of carbonyl (C=O) groups excluding carboxylic acids is 3. The average molecular weight is 508 g/mol. The topological polar surface area (TPSA) is 117 Å². The minimum Gasteiger partial charge on any atom is -0.497 e. The molecule has 3 N–H and O–H groups in total. The van der Waals surface area contributed by atoms with Crippen molar-refractivity contribution in [3.63, 3.8) is 0 Å². The van der Waals surface area contributed by atoms with Gasteiger partial charge in [-0.05, 0) is 55.2 Å². The van der Waals surface area contributed by atoms with E-state index in [9.17, 15) is 19.5 Å². The number of nitrogens with one attached hydrogen (secondary N) is 2. The molecule has 3 fully saturated rings. The number of aliphatic hydroxyl groups is 1. The Balaban J connectivity index is 1.49. The highest BCUT2D eigenvalue weighted by Crippen LogP contribution is 2.59. The van der Waals surface area contributed by atoms with E-state index in [0.29, 0.717) is 30.0 Å². The highest BCUT2D eigenvalue weighted by Gasteiger charge is 2.75. The largest absolute Gasteiger partial charge is 0.497 e. The fourth-order valence-corrected chi connectivity index (χ4v) is 6.30. The van der Waals surface area contributed by atoms with Gasteiger partial charge in [-0.3, -0.25) is 14.4 Å². The number of hydrogen-bond donors (Lipinski definition) is 3. The van der Waals surface area contributed by atoms with Crippen molar-refractivity contribution in [2.45, 2.75) is 50.5 Å². The van der Waals surface area contributed by atoms with Crippen molar-refractivity contribution in [3.8, 4) is 5.75 Å². The molecule has 9 nitrogen and oxygen atoms in total. The molecule has 1 spiro atoms. The first-order valence-electron chi connectivity index (χ1n) is 12.7. The second-order valence-corrected chi connectivity index (χ2v) is 10.4. The first kappa shape index (κ1) is 25.2. The molecule has 2 aromatic carbocycles. The van der Waals surface area contributed by atoms with Gasteiger partial charge in [0.15, 0.2) is 0 Å². The third-order valence-corrected chi connectivity index (χ3v) is 8.00. The van der Waals surface area contributed by atoms with Crippen LogP contribution in [0.5, 0.6) is 5.75 Å². The van der Waals surface area contributed by atoms with Crippen LogP contribution < -0.4 is 15.4 Å². The van der Waals surface area contributed by atoms with Crippen LogP contribution >= 0.6 is 0 Å². The number of amides is 3. The van der Waals surface area contributed by atoms with Crippen molar-refractivity contribution in [1.82, 2.24) is 4.90 Å². The third kappa shape index (κ3) is 4.16. The zero-order valence-electron chi connectivity index (χ0n) is 21.2. The number of carbonyl (C=O) groups is 3. The van der Waals surface area contributed by atoms with E-state index in [4.69, 9.17) is 9.47 Å². The van der Waals surface area contributed by atoms with Crippen LogP contribution in [0.3, 0.4) is 0 Å². The summed E-state index contributed by atoms with van der Waals surface area (Å²) in [5.74, 6) is -2.02. The average Bonchev–Trinajstić information content (AvgIpc) is 3.53. The molecule has 2 aromatic rings. The summed E-state index contributed by atoms with van der Waals surface area (Å²) in [6.07, 6.45) is 0.599. The number of anilines is 2. The number of hydrogen-bond acceptors (Lipinski definition) is 6. The number of fused-ring (bicyclic) bond motifs is 1. The lowest BCUT2D eigenvalue weighted by molar-refractivity contribution is -0.144. The number of para-hydroxylation sites is 1. The number of benzene rings is 2. The summed E-state index contributed by atoms with van der Waals surface area (Å²) >= 11 is 0. The van der Waals surface area contributed by atoms with E-state index in [0.717, 1.165) is 0 Å². The Bertz CT molecular complexity index is 1170. The van der Waals surface area contributed by atoms with Crippen molar-refractivity contribution < 1.29 is 29.0 Å². The standard InChI is InChI=1S/C28H33N3O6/c1-16(2)20(15-32)31-24(26(34)30-18-9-11-19(36-3)12-10-18)28-14-13-21(37-28)22(23(28)27(31)35)25(33)29-17-7-5-4-6-8-17/h4-12,16,20-24,32H,13-15H2,1-3H3,(H,29,33)(H,30,34)/t20-,21-,22+,23-,24?,28?/m0/s1. The Morgan fingerprint density at radius 1 is 1.08 bits per heavy atom. The number of methoxy groups -OCH3 is 1. The quantitative estimate of drug-likeness (QED) is 0.506. The summed E-state index contributed by atoms with van der Waals surface area (Å²) in [6.45, 7) is 3.50. The Hall–Kier alpha value is -3.43. The Morgan fingerprint density at radius 3 is 2.35 bits per heavy atom. The van der Waals surface area contributed by atoms with Crippen LogP contribution in [0.25, 0.3) is 0 Å². The molecule has 0 aromatic heterocycles. The number of likely N-dealkylation sites (tertiary alicyclic amines) is 1. The summed E-state index contributed by atoms with van der Waals surface area (Å²) in [7, 11) is 1.56. The lowest BCUT2D eigenvalue weighted by Gasteiger charge is -2.38. The maximum atomic E-state index is 14.1. The molecule has 0 aliphatic carbocycles. The molecule has 0 radical (unpaired) electrons. The van der Waals surface area contributed by atoms with Crippen LogP contribution in [0.15, 0.2) is 54.6 Å². The van der Waals surface area contributed by atoms with Crippen LogP contribution in [0.4, 0.5) is 11.4 Å². The van der Waals surface area contributed by atoms with E-state index < -0.39 is 41.5 Å². The molecule has 0 saturated carbocycles. The van der Waals surface area contributed by atoms with E-state index in [-0.39, 0.29) is 24.3 Å². The molecule has 37 heavy (non-hydrogen) atoms. The smallest absolute Gasteiger partial charge is 0.250 e. The zero-order valence-corrected chi connectivity index (χ0v) is 21.2. The van der Waals surface area contributed by atoms with E-state index >= 15 is 0 Å². The number of nitrogens with zero attached hydrogens (tertiary/aromatic N) is 1. The van der Waals surface area contributed by atoms with Gasteiger partial charge in [-0.25, -0.2) is 0 Å². The third-order valence-electron chi connectivity index (χ3n) is 8.00. The molecule has 2 unspecified atom stereocenters. The molecule has 3 heterocycles. The summed E-state index contributed by atoms with van der Waals surface area (Å²) in [5.41, 5.74) is 0.0455. The maximum absolute atomic E-state index is 14.1. The SMILES string of the molecule is COc1ccc(NC(=O)C2N([C@@H](CO)C(C)C)C(=O)[C@@H]3[C@H](C(=O)Nc4ccccc4)[C@@H]4CCC23O4)cc1. The fraction of sp³-hybridized carbons (Fsp3) is 0.464. The van der Waals surface area contributed by atoms with E-state index in [1.807, 2.05) is 32.0 Å². The van der Waals surface area contributed by atoms with Gasteiger partial charge in [-0.1, -0.05) is 32.0 Å². The van der Waals surface area contributed by atoms with E-state index in [1.165, 1.54) is 4.90 Å². The van der Waals surface area contributed by atoms with Gasteiger partial charge in [-0.15, -0.1) is 0 Å². The van der Waals surface area contributed by atoms with Gasteiger partial charge in [0.05, 0.1) is 37.7 Å². The van der Waals surface area contributed by atoms with Crippen molar-refractivity contribution >= 4 is 29.1 Å². The summed E-state index contributed by atoms with van der Waals surface area (Å²) in [5, 5.41) is 16.1. The summed E-state index contributed by atoms with van der Waals surface area (Å²) in [4.78, 5) is 42.9. The normalized spacial score (nSPS) is 28.8. The zero-order chi connectivity index (χ0) is 26.3. The van der Waals surface area contributed by atoms with Crippen molar-refractivity contribution in [2.24, 2.45) is 17.8 Å². The molecule has 5 rings (SSSR count). The van der Waals surface area contributed by atoms with Gasteiger partial charge in [-0.2, -0.15) is 0 Å². The summed E-state index contributed by atoms with van der Waals surface area (Å²) in [6, 6.07) is 14.4. The minimum atomic E-state index is -1.14. The monoisotopic (exact) mass is 507 g/mol. The molecule has 3 saturated heterocycles. The predicted molar refractivity (Wildman–Crippen MR) is 137 cm³/mol. The molecule has 2 bridgehead atoms. The second-order valence-electron chi connectivity index (χ2n) is 10.4. The maximum Gasteiger partial charge on any atom is 0.250 e. The van der Waals surface area contributed by atoms with Crippen LogP contribution in [-0.2, 0) is 19.1 Å². The molecule has 6 atom stereocenters. The van der Waals surface area contributed by atoms with Crippen molar-refractivity contribution in [3.05, 3.63) is 54.6 Å². The number of rotatable bonds is 8. The van der Waals surface area contributed by atoms with Gasteiger partial charge in [0.2, 0.25) is 17.7 Å². The Kier molecular flexibility index (Phi) is 6.68. The first-order chi connectivity index (χ1) is 17.8. The molecule has 3 amide bonds. The van der Waals surface area contributed by atoms with E-state index in [1.54, 1.807) is 43.5 Å². The number of ether oxygens (including phenoxy) is 2. The number of aliphatic hydroxyl groups excluding tert-OH is 1. The predicted octanol–water partition coefficient (Wildman–Crippen LogP) is 2.66. The lowest BCUT2D eigenvalue weighted by Crippen LogP contribution is -2.57. The molecular weight excluding hydrogens is 474 g/mol. The van der Waals surface area contributed by atoms with Crippen molar-refractivity contribution in [2.75, 3.05) is 24.4 Å².